The normalized spacial score (nSPS) is 19.8. The molecule has 6 heteroatoms. The van der Waals surface area contributed by atoms with E-state index in [1.165, 1.54) is 5.56 Å². The molecule has 2 N–H and O–H groups in total. The largest absolute Gasteiger partial charge is 0.373 e. The van der Waals surface area contributed by atoms with Crippen molar-refractivity contribution in [2.45, 2.75) is 45.4 Å². The van der Waals surface area contributed by atoms with Gasteiger partial charge in [-0.25, -0.2) is 4.98 Å². The topological polar surface area (TPSA) is 70.2 Å². The van der Waals surface area contributed by atoms with E-state index in [0.717, 1.165) is 49.3 Å². The molecule has 1 amide bonds. The van der Waals surface area contributed by atoms with E-state index in [9.17, 15) is 4.79 Å². The highest BCUT2D eigenvalue weighted by Gasteiger charge is 2.22. The summed E-state index contributed by atoms with van der Waals surface area (Å²) in [6, 6.07) is 15.9. The van der Waals surface area contributed by atoms with Crippen LogP contribution < -0.4 is 5.32 Å². The summed E-state index contributed by atoms with van der Waals surface area (Å²) < 4.78 is 5.79. The van der Waals surface area contributed by atoms with Crippen molar-refractivity contribution in [2.24, 2.45) is 0 Å². The molecule has 3 aromatic rings. The van der Waals surface area contributed by atoms with E-state index in [-0.39, 0.29) is 18.1 Å². The van der Waals surface area contributed by atoms with Crippen molar-refractivity contribution < 1.29 is 9.53 Å². The van der Waals surface area contributed by atoms with Crippen LogP contribution in [0.25, 0.3) is 11.0 Å². The molecule has 0 saturated carbocycles. The van der Waals surface area contributed by atoms with E-state index in [2.05, 4.69) is 34.0 Å². The van der Waals surface area contributed by atoms with Gasteiger partial charge in [0, 0.05) is 38.2 Å². The van der Waals surface area contributed by atoms with Gasteiger partial charge in [0.15, 0.2) is 0 Å². The van der Waals surface area contributed by atoms with Gasteiger partial charge in [-0.15, -0.1) is 0 Å². The lowest BCUT2D eigenvalue weighted by atomic mass is 10.1. The molecular weight excluding hydrogens is 376 g/mol. The van der Waals surface area contributed by atoms with E-state index >= 15 is 0 Å². The first-order chi connectivity index (χ1) is 14.6. The fraction of sp³-hybridized carbons (Fsp3) is 0.417. The number of hydrogen-bond acceptors (Lipinski definition) is 4. The third-order valence-electron chi connectivity index (χ3n) is 5.43. The Balaban J connectivity index is 1.22. The first-order valence-electron chi connectivity index (χ1n) is 10.8. The van der Waals surface area contributed by atoms with E-state index < -0.39 is 0 Å². The number of carbonyl (C=O) groups excluding carboxylic acids is 1. The van der Waals surface area contributed by atoms with Crippen molar-refractivity contribution in [3.8, 4) is 0 Å². The number of fused-ring (bicyclic) bond motifs is 1. The summed E-state index contributed by atoms with van der Waals surface area (Å²) in [5.74, 6) is 0.932. The van der Waals surface area contributed by atoms with Gasteiger partial charge in [0.1, 0.15) is 5.82 Å². The number of nitrogens with zero attached hydrogens (tertiary/aromatic N) is 2. The van der Waals surface area contributed by atoms with Crippen LogP contribution in [-0.4, -0.2) is 52.6 Å². The summed E-state index contributed by atoms with van der Waals surface area (Å²) in [6.45, 7) is 7.63. The summed E-state index contributed by atoms with van der Waals surface area (Å²) in [5, 5.41) is 3.01. The van der Waals surface area contributed by atoms with Gasteiger partial charge in [-0.2, -0.15) is 0 Å². The molecule has 6 nitrogen and oxygen atoms in total. The first kappa shape index (κ1) is 20.6. The Morgan fingerprint density at radius 3 is 2.60 bits per heavy atom. The smallest absolute Gasteiger partial charge is 0.251 e. The van der Waals surface area contributed by atoms with Gasteiger partial charge in [0.25, 0.3) is 5.91 Å². The van der Waals surface area contributed by atoms with Crippen molar-refractivity contribution in [1.82, 2.24) is 20.2 Å². The Bertz CT molecular complexity index is 939. The quantitative estimate of drug-likeness (QED) is 0.589. The van der Waals surface area contributed by atoms with Crippen LogP contribution in [0.4, 0.5) is 0 Å². The number of ether oxygens (including phenoxy) is 1. The zero-order chi connectivity index (χ0) is 20.9. The molecule has 1 aliphatic heterocycles. The SMILES string of the molecule is C[C@@H]1CN(Cc2ccc(C(=O)NCCCc3nc4ccccc4[nH]3)cc2)C[C@@H](C)O1. The summed E-state index contributed by atoms with van der Waals surface area (Å²) in [5.41, 5.74) is 3.96. The molecule has 1 aliphatic rings. The number of aromatic amines is 1. The lowest BCUT2D eigenvalue weighted by molar-refractivity contribution is -0.0704. The van der Waals surface area contributed by atoms with Crippen LogP contribution >= 0.6 is 0 Å². The molecule has 1 fully saturated rings. The number of benzene rings is 2. The molecule has 2 aromatic carbocycles. The third-order valence-corrected chi connectivity index (χ3v) is 5.43. The van der Waals surface area contributed by atoms with Crippen LogP contribution in [0.1, 0.15) is 42.0 Å². The molecule has 1 saturated heterocycles. The zero-order valence-electron chi connectivity index (χ0n) is 17.7. The van der Waals surface area contributed by atoms with Crippen LogP contribution in [0, 0.1) is 0 Å². The van der Waals surface area contributed by atoms with Crippen LogP contribution in [0.2, 0.25) is 0 Å². The second kappa shape index (κ2) is 9.41. The second-order valence-corrected chi connectivity index (χ2v) is 8.21. The molecule has 0 radical (unpaired) electrons. The van der Waals surface area contributed by atoms with Crippen molar-refractivity contribution in [3.05, 3.63) is 65.5 Å². The molecule has 0 unspecified atom stereocenters. The predicted octanol–water partition coefficient (Wildman–Crippen LogP) is 3.53. The van der Waals surface area contributed by atoms with Crippen LogP contribution in [0.3, 0.4) is 0 Å². The predicted molar refractivity (Wildman–Crippen MR) is 118 cm³/mol. The number of nitrogens with one attached hydrogen (secondary N) is 2. The lowest BCUT2D eigenvalue weighted by Gasteiger charge is -2.35. The monoisotopic (exact) mass is 406 g/mol. The minimum Gasteiger partial charge on any atom is -0.373 e. The van der Waals surface area contributed by atoms with Crippen molar-refractivity contribution in [3.63, 3.8) is 0 Å². The van der Waals surface area contributed by atoms with Crippen molar-refractivity contribution in [2.75, 3.05) is 19.6 Å². The Morgan fingerprint density at radius 2 is 1.87 bits per heavy atom. The van der Waals surface area contributed by atoms with Crippen molar-refractivity contribution in [1.29, 1.82) is 0 Å². The maximum atomic E-state index is 12.4. The summed E-state index contributed by atoms with van der Waals surface area (Å²) in [6.07, 6.45) is 2.18. The molecule has 158 valence electrons. The number of morpholine rings is 1. The number of rotatable bonds is 7. The third kappa shape index (κ3) is 5.26. The Labute approximate surface area is 177 Å². The van der Waals surface area contributed by atoms with Crippen LogP contribution in [0.15, 0.2) is 48.5 Å². The number of para-hydroxylation sites is 2. The fourth-order valence-electron chi connectivity index (χ4n) is 4.12. The number of aromatic nitrogens is 2. The van der Waals surface area contributed by atoms with E-state index in [4.69, 9.17) is 4.74 Å². The van der Waals surface area contributed by atoms with Gasteiger partial charge < -0.3 is 15.0 Å². The Kier molecular flexibility index (Phi) is 6.45. The fourth-order valence-corrected chi connectivity index (χ4v) is 4.12. The van der Waals surface area contributed by atoms with E-state index in [1.807, 2.05) is 48.5 Å². The molecule has 0 aliphatic carbocycles. The molecule has 30 heavy (non-hydrogen) atoms. The summed E-state index contributed by atoms with van der Waals surface area (Å²) >= 11 is 0. The van der Waals surface area contributed by atoms with Gasteiger partial charge in [0.05, 0.1) is 23.2 Å². The van der Waals surface area contributed by atoms with Crippen molar-refractivity contribution >= 4 is 16.9 Å². The van der Waals surface area contributed by atoms with Gasteiger partial charge >= 0.3 is 0 Å². The number of aryl methyl sites for hydroxylation is 1. The molecule has 1 aromatic heterocycles. The summed E-state index contributed by atoms with van der Waals surface area (Å²) in [4.78, 5) is 22.7. The molecule has 0 spiro atoms. The highest BCUT2D eigenvalue weighted by atomic mass is 16.5. The molecular formula is C24H30N4O2. The maximum absolute atomic E-state index is 12.4. The minimum absolute atomic E-state index is 0.0280. The standard InChI is InChI=1S/C24H30N4O2/c1-17-14-28(15-18(2)30-17)16-19-9-11-20(12-10-19)24(29)25-13-5-8-23-26-21-6-3-4-7-22(21)27-23/h3-4,6-7,9-12,17-18H,5,8,13-16H2,1-2H3,(H,25,29)(H,26,27)/t17-,18-/m1/s1. The molecule has 2 heterocycles. The van der Waals surface area contributed by atoms with E-state index in [0.29, 0.717) is 12.1 Å². The summed E-state index contributed by atoms with van der Waals surface area (Å²) in [7, 11) is 0. The maximum Gasteiger partial charge on any atom is 0.251 e. The second-order valence-electron chi connectivity index (χ2n) is 8.21. The number of carbonyl (C=O) groups is 1. The minimum atomic E-state index is -0.0280. The number of imidazole rings is 1. The van der Waals surface area contributed by atoms with Crippen LogP contribution in [0.5, 0.6) is 0 Å². The number of amides is 1. The molecule has 0 bridgehead atoms. The first-order valence-corrected chi connectivity index (χ1v) is 10.8. The highest BCUT2D eigenvalue weighted by molar-refractivity contribution is 5.94. The lowest BCUT2D eigenvalue weighted by Crippen LogP contribution is -2.44. The van der Waals surface area contributed by atoms with E-state index in [1.54, 1.807) is 0 Å². The van der Waals surface area contributed by atoms with Gasteiger partial charge in [0.2, 0.25) is 0 Å². The molecule has 2 atom stereocenters. The van der Waals surface area contributed by atoms with Gasteiger partial charge in [-0.1, -0.05) is 24.3 Å². The number of H-pyrrole nitrogens is 1. The Hall–Kier alpha value is -2.70. The average molecular weight is 407 g/mol. The molecule has 4 rings (SSSR count). The highest BCUT2D eigenvalue weighted by Crippen LogP contribution is 2.15. The average Bonchev–Trinajstić information content (AvgIpc) is 3.14. The zero-order valence-corrected chi connectivity index (χ0v) is 17.7. The Morgan fingerprint density at radius 1 is 1.13 bits per heavy atom. The number of hydrogen-bond donors (Lipinski definition) is 2. The van der Waals surface area contributed by atoms with Crippen LogP contribution in [-0.2, 0) is 17.7 Å². The van der Waals surface area contributed by atoms with Gasteiger partial charge in [-0.05, 0) is 50.1 Å². The van der Waals surface area contributed by atoms with Gasteiger partial charge in [-0.3, -0.25) is 9.69 Å².